The van der Waals surface area contributed by atoms with Gasteiger partial charge in [0.25, 0.3) is 0 Å². The summed E-state index contributed by atoms with van der Waals surface area (Å²) in [5.74, 6) is -1.25. The van der Waals surface area contributed by atoms with Crippen LogP contribution in [0, 0.1) is 17.8 Å². The van der Waals surface area contributed by atoms with E-state index in [1.165, 1.54) is 0 Å². The maximum atomic E-state index is 11.7. The van der Waals surface area contributed by atoms with Crippen molar-refractivity contribution in [3.8, 4) is 0 Å². The summed E-state index contributed by atoms with van der Waals surface area (Å²) in [6.45, 7) is 5.15. The second-order valence-electron chi connectivity index (χ2n) is 4.88. The van der Waals surface area contributed by atoms with E-state index in [9.17, 15) is 9.59 Å². The first-order valence-electron chi connectivity index (χ1n) is 6.66. The van der Waals surface area contributed by atoms with Gasteiger partial charge in [-0.25, -0.2) is 0 Å². The molecule has 2 rings (SSSR count). The van der Waals surface area contributed by atoms with Crippen LogP contribution in [0.1, 0.15) is 33.1 Å². The highest BCUT2D eigenvalue weighted by atomic mass is 16.7. The fourth-order valence-corrected chi connectivity index (χ4v) is 2.74. The van der Waals surface area contributed by atoms with Crippen LogP contribution >= 0.6 is 0 Å². The second kappa shape index (κ2) is 5.80. The summed E-state index contributed by atoms with van der Waals surface area (Å²) in [6.07, 6.45) is 1.86. The molecular formula is C13H20O5. The summed E-state index contributed by atoms with van der Waals surface area (Å²) in [4.78, 5) is 23.2. The number of ether oxygens (including phenoxy) is 3. The van der Waals surface area contributed by atoms with Crippen molar-refractivity contribution in [2.75, 3.05) is 13.2 Å². The van der Waals surface area contributed by atoms with Crippen LogP contribution < -0.4 is 0 Å². The van der Waals surface area contributed by atoms with Crippen molar-refractivity contribution in [3.63, 3.8) is 0 Å². The highest BCUT2D eigenvalue weighted by Gasteiger charge is 2.45. The minimum absolute atomic E-state index is 0.144. The quantitative estimate of drug-likeness (QED) is 0.551. The molecule has 2 aliphatic heterocycles. The van der Waals surface area contributed by atoms with Gasteiger partial charge >= 0.3 is 11.9 Å². The first-order chi connectivity index (χ1) is 8.67. The molecule has 0 spiro atoms. The van der Waals surface area contributed by atoms with Crippen molar-refractivity contribution in [3.05, 3.63) is 0 Å². The van der Waals surface area contributed by atoms with Gasteiger partial charge in [-0.3, -0.25) is 9.59 Å². The number of carbonyl (C=O) groups is 2. The zero-order valence-electron chi connectivity index (χ0n) is 10.9. The highest BCUT2D eigenvalue weighted by molar-refractivity contribution is 5.96. The van der Waals surface area contributed by atoms with Gasteiger partial charge in [0.15, 0.2) is 6.29 Å². The average molecular weight is 256 g/mol. The van der Waals surface area contributed by atoms with Gasteiger partial charge in [-0.1, -0.05) is 13.8 Å². The van der Waals surface area contributed by atoms with E-state index in [-0.39, 0.29) is 36.0 Å². The van der Waals surface area contributed by atoms with Crippen LogP contribution in [-0.2, 0) is 23.8 Å². The molecule has 2 fully saturated rings. The minimum Gasteiger partial charge on any atom is -0.393 e. The van der Waals surface area contributed by atoms with Gasteiger partial charge in [0, 0.05) is 5.92 Å². The third-order valence-electron chi connectivity index (χ3n) is 3.85. The molecule has 3 unspecified atom stereocenters. The third kappa shape index (κ3) is 2.57. The van der Waals surface area contributed by atoms with Crippen LogP contribution in [0.4, 0.5) is 0 Å². The molecule has 2 heterocycles. The predicted molar refractivity (Wildman–Crippen MR) is 62.5 cm³/mol. The fourth-order valence-electron chi connectivity index (χ4n) is 2.74. The van der Waals surface area contributed by atoms with Crippen molar-refractivity contribution in [2.24, 2.45) is 17.8 Å². The third-order valence-corrected chi connectivity index (χ3v) is 3.85. The van der Waals surface area contributed by atoms with Crippen LogP contribution in [0.3, 0.4) is 0 Å². The smallest absolute Gasteiger partial charge is 0.317 e. The fraction of sp³-hybridized carbons (Fsp3) is 0.846. The average Bonchev–Trinajstić information content (AvgIpc) is 2.95. The number of esters is 2. The lowest BCUT2D eigenvalue weighted by Gasteiger charge is -2.23. The van der Waals surface area contributed by atoms with E-state index in [1.54, 1.807) is 0 Å². The summed E-state index contributed by atoms with van der Waals surface area (Å²) in [7, 11) is 0. The van der Waals surface area contributed by atoms with Gasteiger partial charge in [0.2, 0.25) is 0 Å². The van der Waals surface area contributed by atoms with Crippen molar-refractivity contribution in [1.82, 2.24) is 0 Å². The predicted octanol–water partition coefficient (Wildman–Crippen LogP) is 1.50. The molecule has 5 nitrogen and oxygen atoms in total. The van der Waals surface area contributed by atoms with Gasteiger partial charge in [0.1, 0.15) is 0 Å². The summed E-state index contributed by atoms with van der Waals surface area (Å²) in [5.41, 5.74) is 0. The van der Waals surface area contributed by atoms with E-state index in [2.05, 4.69) is 0 Å². The number of carbonyl (C=O) groups excluding carboxylic acids is 2. The summed E-state index contributed by atoms with van der Waals surface area (Å²) in [6, 6.07) is 0. The zero-order valence-corrected chi connectivity index (χ0v) is 10.9. The Bertz CT molecular complexity index is 321. The van der Waals surface area contributed by atoms with E-state index in [4.69, 9.17) is 14.2 Å². The van der Waals surface area contributed by atoms with Gasteiger partial charge < -0.3 is 14.2 Å². The molecule has 5 heteroatoms. The Morgan fingerprint density at radius 2 is 1.72 bits per heavy atom. The molecule has 0 aliphatic carbocycles. The molecule has 2 aliphatic rings. The monoisotopic (exact) mass is 256 g/mol. The number of hydrogen-bond donors (Lipinski definition) is 0. The zero-order chi connectivity index (χ0) is 13.1. The van der Waals surface area contributed by atoms with Crippen LogP contribution in [0.2, 0.25) is 0 Å². The standard InChI is InChI=1S/C13H20O5/c1-3-8(13-16-5-6-17-13)7-10-9(4-2)11(14)18-12(10)15/h8-10,13H,3-7H2,1-2H3. The highest BCUT2D eigenvalue weighted by Crippen LogP contribution is 2.34. The molecule has 102 valence electrons. The summed E-state index contributed by atoms with van der Waals surface area (Å²) in [5, 5.41) is 0. The molecule has 0 aromatic carbocycles. The molecule has 0 radical (unpaired) electrons. The topological polar surface area (TPSA) is 61.8 Å². The van der Waals surface area contributed by atoms with Gasteiger partial charge in [-0.15, -0.1) is 0 Å². The van der Waals surface area contributed by atoms with Gasteiger partial charge in [0.05, 0.1) is 25.0 Å². The van der Waals surface area contributed by atoms with Crippen LogP contribution in [0.25, 0.3) is 0 Å². The maximum Gasteiger partial charge on any atom is 0.317 e. The van der Waals surface area contributed by atoms with Gasteiger partial charge in [-0.2, -0.15) is 0 Å². The normalized spacial score (nSPS) is 30.8. The van der Waals surface area contributed by atoms with E-state index >= 15 is 0 Å². The Morgan fingerprint density at radius 1 is 1.11 bits per heavy atom. The van der Waals surface area contributed by atoms with Crippen molar-refractivity contribution >= 4 is 11.9 Å². The second-order valence-corrected chi connectivity index (χ2v) is 4.88. The van der Waals surface area contributed by atoms with E-state index < -0.39 is 0 Å². The lowest BCUT2D eigenvalue weighted by atomic mass is 9.83. The van der Waals surface area contributed by atoms with Crippen LogP contribution in [0.15, 0.2) is 0 Å². The Balaban J connectivity index is 2.01. The Labute approximate surface area is 107 Å². The minimum atomic E-state index is -0.386. The molecule has 0 saturated carbocycles. The molecule has 2 saturated heterocycles. The SMILES string of the molecule is CCC(CC1C(=O)OC(=O)C1CC)C1OCCO1. The molecule has 0 N–H and O–H groups in total. The molecule has 0 aromatic heterocycles. The van der Waals surface area contributed by atoms with E-state index in [0.717, 1.165) is 6.42 Å². The van der Waals surface area contributed by atoms with Crippen LogP contribution in [0.5, 0.6) is 0 Å². The summed E-state index contributed by atoms with van der Waals surface area (Å²) < 4.78 is 15.7. The largest absolute Gasteiger partial charge is 0.393 e. The molecule has 18 heavy (non-hydrogen) atoms. The van der Waals surface area contributed by atoms with Crippen molar-refractivity contribution < 1.29 is 23.8 Å². The first-order valence-corrected chi connectivity index (χ1v) is 6.66. The number of cyclic esters (lactones) is 2. The Morgan fingerprint density at radius 3 is 2.28 bits per heavy atom. The molecular weight excluding hydrogens is 236 g/mol. The lowest BCUT2D eigenvalue weighted by molar-refractivity contribution is -0.154. The molecule has 0 bridgehead atoms. The number of hydrogen-bond acceptors (Lipinski definition) is 5. The molecule has 3 atom stereocenters. The first kappa shape index (κ1) is 13.5. The van der Waals surface area contributed by atoms with Crippen LogP contribution in [-0.4, -0.2) is 31.4 Å². The van der Waals surface area contributed by atoms with Crippen molar-refractivity contribution in [2.45, 2.75) is 39.4 Å². The Kier molecular flexibility index (Phi) is 4.35. The number of rotatable bonds is 5. The Hall–Kier alpha value is -0.940. The molecule has 0 aromatic rings. The molecule has 0 amide bonds. The van der Waals surface area contributed by atoms with Gasteiger partial charge in [-0.05, 0) is 19.3 Å². The summed E-state index contributed by atoms with van der Waals surface area (Å²) >= 11 is 0. The van der Waals surface area contributed by atoms with E-state index in [0.29, 0.717) is 26.1 Å². The lowest BCUT2D eigenvalue weighted by Crippen LogP contribution is -2.27. The van der Waals surface area contributed by atoms with E-state index in [1.807, 2.05) is 13.8 Å². The van der Waals surface area contributed by atoms with Crippen molar-refractivity contribution in [1.29, 1.82) is 0 Å². The maximum absolute atomic E-state index is 11.7.